The van der Waals surface area contributed by atoms with E-state index in [-0.39, 0.29) is 6.03 Å². The van der Waals surface area contributed by atoms with Crippen LogP contribution >= 0.6 is 23.5 Å². The molecule has 2 aromatic rings. The van der Waals surface area contributed by atoms with Gasteiger partial charge in [0.25, 0.3) is 0 Å². The van der Waals surface area contributed by atoms with Gasteiger partial charge >= 0.3 is 6.03 Å². The first-order valence-electron chi connectivity index (χ1n) is 11.5. The van der Waals surface area contributed by atoms with Crippen molar-refractivity contribution in [3.05, 3.63) is 28.2 Å². The summed E-state index contributed by atoms with van der Waals surface area (Å²) in [7, 11) is 2.16. The Morgan fingerprint density at radius 2 is 2.00 bits per heavy atom. The first-order chi connectivity index (χ1) is 15.2. The zero-order chi connectivity index (χ0) is 23.4. The minimum absolute atomic E-state index is 0.199. The van der Waals surface area contributed by atoms with E-state index in [0.29, 0.717) is 23.9 Å². The fraction of sp³-hybridized carbons (Fsp3) is 0.652. The minimum atomic E-state index is -0.199. The summed E-state index contributed by atoms with van der Waals surface area (Å²) in [6.45, 7) is 15.0. The number of anilines is 2. The van der Waals surface area contributed by atoms with Gasteiger partial charge in [-0.2, -0.15) is 5.10 Å². The van der Waals surface area contributed by atoms with E-state index in [2.05, 4.69) is 85.2 Å². The maximum absolute atomic E-state index is 12.9. The Kier molecular flexibility index (Phi) is 8.52. The van der Waals surface area contributed by atoms with Crippen LogP contribution in [0.25, 0.3) is 0 Å². The molecule has 0 spiro atoms. The van der Waals surface area contributed by atoms with E-state index in [1.165, 1.54) is 21.9 Å². The third kappa shape index (κ3) is 6.20. The number of hydrogen-bond acceptors (Lipinski definition) is 6. The molecule has 178 valence electrons. The number of nitrogens with one attached hydrogen (secondary N) is 2. The van der Waals surface area contributed by atoms with E-state index in [0.717, 1.165) is 37.3 Å². The number of piperidine rings is 1. The lowest BCUT2D eigenvalue weighted by atomic mass is 10.1. The highest BCUT2D eigenvalue weighted by Crippen LogP contribution is 2.37. The molecule has 1 unspecified atom stereocenters. The number of likely N-dealkylation sites (N-methyl/N-ethyl adjacent to an activating group) is 1. The number of rotatable bonds is 8. The molecule has 1 saturated heterocycles. The quantitative estimate of drug-likeness (QED) is 0.452. The third-order valence-corrected chi connectivity index (χ3v) is 8.38. The summed E-state index contributed by atoms with van der Waals surface area (Å²) in [5, 5.41) is 7.61. The van der Waals surface area contributed by atoms with Gasteiger partial charge < -0.3 is 10.2 Å². The van der Waals surface area contributed by atoms with Crippen LogP contribution in [0.2, 0.25) is 0 Å². The summed E-state index contributed by atoms with van der Waals surface area (Å²) in [5.74, 6) is 0.813. The lowest BCUT2D eigenvalue weighted by molar-refractivity contribution is 0.253. The fourth-order valence-electron chi connectivity index (χ4n) is 3.87. The summed E-state index contributed by atoms with van der Waals surface area (Å²) in [4.78, 5) is 17.7. The molecule has 9 heteroatoms. The maximum Gasteiger partial charge on any atom is 0.330 e. The predicted molar refractivity (Wildman–Crippen MR) is 138 cm³/mol. The van der Waals surface area contributed by atoms with Crippen LogP contribution in [0.4, 0.5) is 16.2 Å². The maximum atomic E-state index is 12.9. The van der Waals surface area contributed by atoms with E-state index >= 15 is 0 Å². The van der Waals surface area contributed by atoms with Gasteiger partial charge in [0.05, 0.1) is 35.7 Å². The van der Waals surface area contributed by atoms with Crippen molar-refractivity contribution in [1.29, 1.82) is 0 Å². The summed E-state index contributed by atoms with van der Waals surface area (Å²) >= 11 is 3.15. The number of hydrogen-bond donors (Lipinski definition) is 2. The van der Waals surface area contributed by atoms with Crippen molar-refractivity contribution in [3.63, 3.8) is 0 Å². The van der Waals surface area contributed by atoms with Gasteiger partial charge in [0.1, 0.15) is 0 Å². The Balaban J connectivity index is 1.72. The fourth-order valence-corrected chi connectivity index (χ4v) is 5.74. The zero-order valence-electron chi connectivity index (χ0n) is 20.4. The Morgan fingerprint density at radius 1 is 1.25 bits per heavy atom. The van der Waals surface area contributed by atoms with Gasteiger partial charge in [-0.05, 0) is 58.2 Å². The second-order valence-electron chi connectivity index (χ2n) is 9.54. The number of carbonyl (C=O) groups excluding carboxylic acids is 1. The Hall–Kier alpha value is -1.71. The van der Waals surface area contributed by atoms with Crippen LogP contribution < -0.4 is 14.3 Å². The van der Waals surface area contributed by atoms with Crippen molar-refractivity contribution in [2.24, 2.45) is 0 Å². The molecular weight excluding hydrogens is 440 g/mol. The van der Waals surface area contributed by atoms with Crippen LogP contribution in [0, 0.1) is 0 Å². The summed E-state index contributed by atoms with van der Waals surface area (Å²) in [5.41, 5.74) is 1.94. The molecule has 7 nitrogen and oxygen atoms in total. The molecule has 2 N–H and O–H groups in total. The van der Waals surface area contributed by atoms with Crippen LogP contribution in [0.5, 0.6) is 0 Å². The largest absolute Gasteiger partial charge is 0.330 e. The van der Waals surface area contributed by atoms with Gasteiger partial charge in [-0.1, -0.05) is 27.7 Å². The zero-order valence-corrected chi connectivity index (χ0v) is 22.0. The highest BCUT2D eigenvalue weighted by atomic mass is 32.2. The normalized spacial score (nSPS) is 17.4. The summed E-state index contributed by atoms with van der Waals surface area (Å²) < 4.78 is 7.19. The lowest BCUT2D eigenvalue weighted by Crippen LogP contribution is -2.45. The Bertz CT molecular complexity index is 891. The van der Waals surface area contributed by atoms with E-state index in [1.807, 2.05) is 10.9 Å². The van der Waals surface area contributed by atoms with Crippen LogP contribution in [0.3, 0.4) is 0 Å². The molecule has 3 rings (SSSR count). The average Bonchev–Trinajstić information content (AvgIpc) is 3.36. The highest BCUT2D eigenvalue weighted by Gasteiger charge is 2.27. The number of aromatic nitrogens is 2. The molecule has 1 aliphatic rings. The second-order valence-corrected chi connectivity index (χ2v) is 11.4. The van der Waals surface area contributed by atoms with E-state index in [1.54, 1.807) is 11.3 Å². The Labute approximate surface area is 201 Å². The smallest absolute Gasteiger partial charge is 0.306 e. The van der Waals surface area contributed by atoms with Gasteiger partial charge in [0, 0.05) is 28.5 Å². The van der Waals surface area contributed by atoms with Crippen LogP contribution in [-0.2, 0) is 0 Å². The molecule has 0 aromatic carbocycles. The van der Waals surface area contributed by atoms with Crippen molar-refractivity contribution in [1.82, 2.24) is 19.4 Å². The number of amides is 2. The molecular formula is C23H38N6OS2. The van der Waals surface area contributed by atoms with E-state index in [9.17, 15) is 4.79 Å². The molecule has 0 radical (unpaired) electrons. The molecule has 3 heterocycles. The standard InChI is InChI=1S/C23H38N6OS2/c1-15(2)21-11-20(22(31-21)16(3)4)25-23(30)26-32-29(18-9-8-10-27(7)13-18)19-12-24-28(14-19)17(5)6/h11-12,14-18H,8-10,13H2,1-7H3,(H2,25,26,30). The van der Waals surface area contributed by atoms with Gasteiger partial charge in [-0.3, -0.25) is 13.7 Å². The average molecular weight is 479 g/mol. The number of urea groups is 1. The number of likely N-dealkylation sites (tertiary alicyclic amines) is 1. The molecule has 2 aromatic heterocycles. The molecule has 1 fully saturated rings. The Morgan fingerprint density at radius 3 is 2.59 bits per heavy atom. The van der Waals surface area contributed by atoms with Crippen LogP contribution in [0.15, 0.2) is 18.5 Å². The number of nitrogens with zero attached hydrogens (tertiary/aromatic N) is 4. The predicted octanol–water partition coefficient (Wildman–Crippen LogP) is 6.06. The van der Waals surface area contributed by atoms with Gasteiger partial charge in [-0.15, -0.1) is 11.3 Å². The van der Waals surface area contributed by atoms with E-state index in [4.69, 9.17) is 0 Å². The summed E-state index contributed by atoms with van der Waals surface area (Å²) in [6, 6.07) is 2.53. The van der Waals surface area contributed by atoms with Crippen molar-refractivity contribution in [3.8, 4) is 0 Å². The molecule has 0 aliphatic carbocycles. The van der Waals surface area contributed by atoms with Crippen molar-refractivity contribution in [2.75, 3.05) is 29.8 Å². The monoisotopic (exact) mass is 478 g/mol. The van der Waals surface area contributed by atoms with Crippen molar-refractivity contribution < 1.29 is 4.79 Å². The van der Waals surface area contributed by atoms with Gasteiger partial charge in [-0.25, -0.2) is 4.79 Å². The second kappa shape index (κ2) is 10.9. The first kappa shape index (κ1) is 24.9. The molecule has 1 atom stereocenters. The van der Waals surface area contributed by atoms with E-state index < -0.39 is 0 Å². The van der Waals surface area contributed by atoms with Crippen LogP contribution in [0.1, 0.15) is 82.0 Å². The number of thiophene rings is 1. The molecule has 0 bridgehead atoms. The molecule has 0 saturated carbocycles. The van der Waals surface area contributed by atoms with Crippen molar-refractivity contribution in [2.45, 2.75) is 78.3 Å². The highest BCUT2D eigenvalue weighted by molar-refractivity contribution is 7.99. The van der Waals surface area contributed by atoms with Crippen LogP contribution in [-0.4, -0.2) is 46.9 Å². The lowest BCUT2D eigenvalue weighted by Gasteiger charge is -2.37. The molecule has 32 heavy (non-hydrogen) atoms. The third-order valence-electron chi connectivity index (χ3n) is 5.66. The topological polar surface area (TPSA) is 65.4 Å². The van der Waals surface area contributed by atoms with Gasteiger partial charge in [0.2, 0.25) is 0 Å². The molecule has 2 amide bonds. The summed E-state index contributed by atoms with van der Waals surface area (Å²) in [6.07, 6.45) is 6.20. The van der Waals surface area contributed by atoms with Gasteiger partial charge in [0.15, 0.2) is 0 Å². The minimum Gasteiger partial charge on any atom is -0.306 e. The van der Waals surface area contributed by atoms with Crippen molar-refractivity contribution >= 4 is 40.9 Å². The first-order valence-corrected chi connectivity index (χ1v) is 13.1. The number of carbonyl (C=O) groups is 1. The molecule has 1 aliphatic heterocycles. The SMILES string of the molecule is CC(C)c1cc(NC(=O)NSN(c2cnn(C(C)C)c2)C2CCCN(C)C2)c(C(C)C)s1.